The Labute approximate surface area is 296 Å². The van der Waals surface area contributed by atoms with Crippen molar-refractivity contribution in [3.63, 3.8) is 0 Å². The fraction of sp³-hybridized carbons (Fsp3) is 0.0526. The molecule has 0 spiro atoms. The zero-order valence-corrected chi connectivity index (χ0v) is 26.9. The molecule has 4 N–H and O–H groups in total. The lowest BCUT2D eigenvalue weighted by Crippen LogP contribution is -2.16. The number of amides is 1. The van der Waals surface area contributed by atoms with Gasteiger partial charge < -0.3 is 20.3 Å². The summed E-state index contributed by atoms with van der Waals surface area (Å²) in [6.07, 6.45) is -5.98. The van der Waals surface area contributed by atoms with Crippen molar-refractivity contribution in [3.8, 4) is 35.4 Å². The Morgan fingerprint density at radius 3 is 1.40 bits per heavy atom. The Kier molecular flexibility index (Phi) is 12.1. The van der Waals surface area contributed by atoms with Crippen LogP contribution in [-0.4, -0.2) is 17.0 Å². The lowest BCUT2D eigenvalue weighted by atomic mass is 10.1. The van der Waals surface area contributed by atoms with Crippen molar-refractivity contribution in [1.82, 2.24) is 5.32 Å². The van der Waals surface area contributed by atoms with Gasteiger partial charge in [-0.15, -0.1) is 0 Å². The summed E-state index contributed by atoms with van der Waals surface area (Å²) < 4.78 is 86.9. The summed E-state index contributed by atoms with van der Waals surface area (Å²) >= 11 is 0. The standard InChI is InChI=1S/C19H11F3N2O2.C18H11F3O3.CH2N2/c20-19(21,22)14-5-7-15(8-6-14)26-17-3-1-2-12-10-13(4-9-16(12)17)18(25)24-11-23;19-18(20,21)13-5-7-14(8-6-13)24-16-3-1-2-11-10-12(17(22)23)4-9-15(11)16;2-1-3/h1-10H,(H,24,25);1-10H,(H,22,23);2H2. The van der Waals surface area contributed by atoms with Gasteiger partial charge in [0.15, 0.2) is 12.4 Å². The average Bonchev–Trinajstić information content (AvgIpc) is 3.12. The zero-order valence-electron chi connectivity index (χ0n) is 26.9. The van der Waals surface area contributed by atoms with Gasteiger partial charge in [-0.2, -0.15) is 36.9 Å². The molecule has 53 heavy (non-hydrogen) atoms. The maximum atomic E-state index is 12.6. The molecule has 0 saturated carbocycles. The van der Waals surface area contributed by atoms with Crippen molar-refractivity contribution in [3.05, 3.63) is 144 Å². The summed E-state index contributed by atoms with van der Waals surface area (Å²) in [5, 5.41) is 29.4. The number of hydrogen-bond donors (Lipinski definition) is 3. The molecule has 6 rings (SSSR count). The minimum atomic E-state index is -4.40. The second-order valence-electron chi connectivity index (χ2n) is 10.6. The molecule has 0 unspecified atom stereocenters. The summed E-state index contributed by atoms with van der Waals surface area (Å²) in [6, 6.07) is 28.4. The molecule has 0 atom stereocenters. The number of alkyl halides is 6. The number of nitrogens with zero attached hydrogens (tertiary/aromatic N) is 2. The zero-order chi connectivity index (χ0) is 38.8. The molecule has 0 aliphatic rings. The topological polar surface area (TPSA) is 158 Å². The summed E-state index contributed by atoms with van der Waals surface area (Å²) in [6.45, 7) is 0. The Morgan fingerprint density at radius 2 is 1.02 bits per heavy atom. The SMILES string of the molecule is N#CN.N#CNC(=O)c1ccc2c(Oc3ccc(C(F)(F)F)cc3)cccc2c1.O=C(O)c1ccc2c(Oc3ccc(C(F)(F)F)cc3)cccc2c1. The van der Waals surface area contributed by atoms with Gasteiger partial charge in [-0.1, -0.05) is 24.3 Å². The number of hydrogen-bond acceptors (Lipinski definition) is 7. The van der Waals surface area contributed by atoms with E-state index in [0.29, 0.717) is 38.6 Å². The maximum absolute atomic E-state index is 12.6. The van der Waals surface area contributed by atoms with E-state index in [0.717, 1.165) is 24.3 Å². The lowest BCUT2D eigenvalue weighted by molar-refractivity contribution is -0.138. The first-order chi connectivity index (χ1) is 25.1. The predicted octanol–water partition coefficient (Wildman–Crippen LogP) is 9.64. The number of aromatic carboxylic acids is 1. The number of nitrogens with one attached hydrogen (secondary N) is 1. The van der Waals surface area contributed by atoms with Gasteiger partial charge in [0.1, 0.15) is 23.0 Å². The van der Waals surface area contributed by atoms with E-state index in [1.165, 1.54) is 48.7 Å². The molecular weight excluding hydrogens is 706 g/mol. The molecule has 0 radical (unpaired) electrons. The van der Waals surface area contributed by atoms with Crippen LogP contribution in [-0.2, 0) is 12.4 Å². The summed E-state index contributed by atoms with van der Waals surface area (Å²) in [5.41, 5.74) is 3.11. The van der Waals surface area contributed by atoms with Crippen LogP contribution in [0.5, 0.6) is 23.0 Å². The van der Waals surface area contributed by atoms with Gasteiger partial charge >= 0.3 is 18.3 Å². The van der Waals surface area contributed by atoms with Crippen molar-refractivity contribution >= 4 is 33.4 Å². The van der Waals surface area contributed by atoms with Gasteiger partial charge in [0, 0.05) is 16.3 Å². The third-order valence-corrected chi connectivity index (χ3v) is 7.18. The average molecular weight is 731 g/mol. The van der Waals surface area contributed by atoms with Gasteiger partial charge in [0.25, 0.3) is 5.91 Å². The van der Waals surface area contributed by atoms with Gasteiger partial charge in [-0.25, -0.2) is 4.79 Å². The van der Waals surface area contributed by atoms with E-state index >= 15 is 0 Å². The molecule has 15 heteroatoms. The van der Waals surface area contributed by atoms with Gasteiger partial charge in [0.2, 0.25) is 0 Å². The highest BCUT2D eigenvalue weighted by molar-refractivity contribution is 6.00. The lowest BCUT2D eigenvalue weighted by Gasteiger charge is -2.11. The van der Waals surface area contributed by atoms with E-state index < -0.39 is 35.4 Å². The number of benzene rings is 6. The number of carboxylic acids is 1. The Hall–Kier alpha value is -7.26. The fourth-order valence-electron chi connectivity index (χ4n) is 4.76. The number of carbonyl (C=O) groups is 2. The van der Waals surface area contributed by atoms with Crippen LogP contribution in [0.3, 0.4) is 0 Å². The van der Waals surface area contributed by atoms with Crippen LogP contribution in [0, 0.1) is 22.9 Å². The van der Waals surface area contributed by atoms with E-state index in [4.69, 9.17) is 25.1 Å². The highest BCUT2D eigenvalue weighted by Gasteiger charge is 2.31. The van der Waals surface area contributed by atoms with Crippen molar-refractivity contribution < 1.29 is 50.5 Å². The van der Waals surface area contributed by atoms with Crippen molar-refractivity contribution in [2.24, 2.45) is 5.73 Å². The number of ether oxygens (including phenoxy) is 2. The normalized spacial score (nSPS) is 10.7. The molecule has 6 aromatic carbocycles. The summed E-state index contributed by atoms with van der Waals surface area (Å²) in [5.74, 6) is -0.164. The van der Waals surface area contributed by atoms with E-state index in [1.54, 1.807) is 60.8 Å². The van der Waals surface area contributed by atoms with Crippen LogP contribution < -0.4 is 20.5 Å². The number of carbonyl (C=O) groups excluding carboxylic acids is 1. The second-order valence-corrected chi connectivity index (χ2v) is 10.6. The van der Waals surface area contributed by atoms with Gasteiger partial charge in [-0.05, 0) is 108 Å². The van der Waals surface area contributed by atoms with Crippen molar-refractivity contribution in [1.29, 1.82) is 10.5 Å². The summed E-state index contributed by atoms with van der Waals surface area (Å²) in [7, 11) is 0. The van der Waals surface area contributed by atoms with E-state index in [2.05, 4.69) is 5.73 Å². The Bertz CT molecular complexity index is 2330. The third-order valence-electron chi connectivity index (χ3n) is 7.18. The molecule has 6 aromatic rings. The molecule has 0 aliphatic heterocycles. The molecule has 0 aliphatic carbocycles. The third kappa shape index (κ3) is 10.1. The highest BCUT2D eigenvalue weighted by atomic mass is 19.4. The fourth-order valence-corrected chi connectivity index (χ4v) is 4.76. The van der Waals surface area contributed by atoms with Crippen LogP contribution in [0.1, 0.15) is 31.8 Å². The second kappa shape index (κ2) is 16.6. The minimum Gasteiger partial charge on any atom is -0.478 e. The Morgan fingerprint density at radius 1 is 0.623 bits per heavy atom. The first kappa shape index (κ1) is 38.5. The molecule has 268 valence electrons. The maximum Gasteiger partial charge on any atom is 0.416 e. The number of halogens is 6. The van der Waals surface area contributed by atoms with Crippen LogP contribution in [0.4, 0.5) is 26.3 Å². The molecule has 9 nitrogen and oxygen atoms in total. The van der Waals surface area contributed by atoms with E-state index in [9.17, 15) is 35.9 Å². The highest BCUT2D eigenvalue weighted by Crippen LogP contribution is 2.35. The number of nitriles is 2. The smallest absolute Gasteiger partial charge is 0.416 e. The van der Waals surface area contributed by atoms with Crippen LogP contribution >= 0.6 is 0 Å². The molecule has 0 bridgehead atoms. The minimum absolute atomic E-state index is 0.147. The molecule has 0 heterocycles. The largest absolute Gasteiger partial charge is 0.478 e. The monoisotopic (exact) mass is 730 g/mol. The van der Waals surface area contributed by atoms with Crippen LogP contribution in [0.25, 0.3) is 21.5 Å². The quantitative estimate of drug-likeness (QED) is 0.0868. The molecule has 1 amide bonds. The van der Waals surface area contributed by atoms with Crippen LogP contribution in [0.2, 0.25) is 0 Å². The summed E-state index contributed by atoms with van der Waals surface area (Å²) in [4.78, 5) is 22.7. The molecule has 0 saturated heterocycles. The number of carboxylic acid groups (broad SMARTS) is 1. The van der Waals surface area contributed by atoms with Crippen molar-refractivity contribution in [2.45, 2.75) is 12.4 Å². The number of rotatable bonds is 6. The first-order valence-corrected chi connectivity index (χ1v) is 14.9. The molecular formula is C38H24F6N4O5. The van der Waals surface area contributed by atoms with Gasteiger partial charge in [0.05, 0.1) is 16.7 Å². The first-order valence-electron chi connectivity index (χ1n) is 14.9. The molecule has 0 fully saturated rings. The number of nitrogens with two attached hydrogens (primary N) is 1. The van der Waals surface area contributed by atoms with E-state index in [1.807, 2.05) is 5.32 Å². The number of fused-ring (bicyclic) bond motifs is 2. The Balaban J connectivity index is 0.000000221. The van der Waals surface area contributed by atoms with Crippen LogP contribution in [0.15, 0.2) is 121 Å². The molecule has 0 aromatic heterocycles. The predicted molar refractivity (Wildman–Crippen MR) is 181 cm³/mol. The van der Waals surface area contributed by atoms with Crippen molar-refractivity contribution in [2.75, 3.05) is 0 Å². The van der Waals surface area contributed by atoms with Gasteiger partial charge in [-0.3, -0.25) is 10.1 Å². The van der Waals surface area contributed by atoms with E-state index in [-0.39, 0.29) is 17.1 Å².